The highest BCUT2D eigenvalue weighted by molar-refractivity contribution is 6.21. The van der Waals surface area contributed by atoms with Crippen molar-refractivity contribution in [3.8, 4) is 11.5 Å². The molecule has 1 aliphatic heterocycles. The van der Waals surface area contributed by atoms with Crippen molar-refractivity contribution in [2.24, 2.45) is 5.92 Å². The van der Waals surface area contributed by atoms with Gasteiger partial charge in [-0.1, -0.05) is 19.9 Å². The Labute approximate surface area is 102 Å². The summed E-state index contributed by atoms with van der Waals surface area (Å²) in [6, 6.07) is 5.97. The van der Waals surface area contributed by atoms with Gasteiger partial charge in [-0.25, -0.2) is 0 Å². The number of fused-ring (bicyclic) bond motifs is 1. The van der Waals surface area contributed by atoms with E-state index in [-0.39, 0.29) is 5.38 Å². The smallest absolute Gasteiger partial charge is 0.161 e. The van der Waals surface area contributed by atoms with Crippen LogP contribution < -0.4 is 9.47 Å². The summed E-state index contributed by atoms with van der Waals surface area (Å²) in [6.07, 6.45) is 0.929. The molecule has 1 aromatic carbocycles. The lowest BCUT2D eigenvalue weighted by atomic mass is 10.0. The van der Waals surface area contributed by atoms with Crippen molar-refractivity contribution in [2.45, 2.75) is 25.6 Å². The van der Waals surface area contributed by atoms with Crippen molar-refractivity contribution in [3.63, 3.8) is 0 Å². The molecule has 1 aromatic rings. The van der Waals surface area contributed by atoms with E-state index in [1.807, 2.05) is 18.2 Å². The fourth-order valence-electron chi connectivity index (χ4n) is 1.74. The molecule has 0 bridgehead atoms. The fraction of sp³-hybridized carbons (Fsp3) is 0.538. The van der Waals surface area contributed by atoms with Crippen LogP contribution in [0.1, 0.15) is 31.2 Å². The molecule has 0 aromatic heterocycles. The minimum Gasteiger partial charge on any atom is -0.490 e. The van der Waals surface area contributed by atoms with E-state index in [2.05, 4.69) is 13.8 Å². The second-order valence-electron chi connectivity index (χ2n) is 4.40. The van der Waals surface area contributed by atoms with Gasteiger partial charge in [-0.15, -0.1) is 11.6 Å². The van der Waals surface area contributed by atoms with Crippen molar-refractivity contribution >= 4 is 11.6 Å². The molecule has 0 fully saturated rings. The number of rotatable bonds is 2. The van der Waals surface area contributed by atoms with E-state index >= 15 is 0 Å². The quantitative estimate of drug-likeness (QED) is 0.733. The lowest BCUT2D eigenvalue weighted by molar-refractivity contribution is 0.297. The summed E-state index contributed by atoms with van der Waals surface area (Å²) in [6.45, 7) is 5.66. The molecule has 0 saturated heterocycles. The van der Waals surface area contributed by atoms with E-state index in [0.717, 1.165) is 30.1 Å². The highest BCUT2D eigenvalue weighted by Gasteiger charge is 2.16. The Kier molecular flexibility index (Phi) is 3.59. The molecule has 0 aliphatic carbocycles. The molecule has 88 valence electrons. The average Bonchev–Trinajstić information content (AvgIpc) is 2.51. The minimum atomic E-state index is 0.0251. The van der Waals surface area contributed by atoms with Crippen LogP contribution in [0.15, 0.2) is 18.2 Å². The largest absolute Gasteiger partial charge is 0.490 e. The monoisotopic (exact) mass is 240 g/mol. The van der Waals surface area contributed by atoms with Crippen molar-refractivity contribution in [1.82, 2.24) is 0 Å². The Balaban J connectivity index is 2.27. The molecule has 1 aliphatic rings. The molecule has 0 amide bonds. The van der Waals surface area contributed by atoms with Gasteiger partial charge in [0.1, 0.15) is 0 Å². The van der Waals surface area contributed by atoms with Crippen LogP contribution in [0.25, 0.3) is 0 Å². The Morgan fingerprint density at radius 2 is 1.81 bits per heavy atom. The maximum Gasteiger partial charge on any atom is 0.161 e. The number of alkyl halides is 1. The van der Waals surface area contributed by atoms with Gasteiger partial charge in [-0.3, -0.25) is 0 Å². The van der Waals surface area contributed by atoms with Gasteiger partial charge >= 0.3 is 0 Å². The van der Waals surface area contributed by atoms with E-state index in [4.69, 9.17) is 21.1 Å². The van der Waals surface area contributed by atoms with Crippen LogP contribution in [0, 0.1) is 5.92 Å². The van der Waals surface area contributed by atoms with Gasteiger partial charge in [-0.05, 0) is 23.6 Å². The zero-order chi connectivity index (χ0) is 11.5. The number of benzene rings is 1. The summed E-state index contributed by atoms with van der Waals surface area (Å²) in [5, 5.41) is 0.0251. The summed E-state index contributed by atoms with van der Waals surface area (Å²) in [4.78, 5) is 0. The van der Waals surface area contributed by atoms with Crippen LogP contribution in [0.3, 0.4) is 0 Å². The molecular formula is C13H17ClO2. The van der Waals surface area contributed by atoms with Gasteiger partial charge in [0.2, 0.25) is 0 Å². The molecule has 1 unspecified atom stereocenters. The predicted molar refractivity (Wildman–Crippen MR) is 65.5 cm³/mol. The Morgan fingerprint density at radius 3 is 2.50 bits per heavy atom. The summed E-state index contributed by atoms with van der Waals surface area (Å²) in [5.41, 5.74) is 1.10. The topological polar surface area (TPSA) is 18.5 Å². The van der Waals surface area contributed by atoms with Crippen molar-refractivity contribution in [3.05, 3.63) is 23.8 Å². The van der Waals surface area contributed by atoms with Gasteiger partial charge in [0.25, 0.3) is 0 Å². The Morgan fingerprint density at radius 1 is 1.12 bits per heavy atom. The van der Waals surface area contributed by atoms with Gasteiger partial charge in [-0.2, -0.15) is 0 Å². The minimum absolute atomic E-state index is 0.0251. The normalized spacial score (nSPS) is 17.0. The van der Waals surface area contributed by atoms with Crippen LogP contribution in [0.2, 0.25) is 0 Å². The zero-order valence-electron chi connectivity index (χ0n) is 9.70. The standard InChI is InChI=1S/C13H17ClO2/c1-9(2)13(14)10-4-5-11-12(8-10)16-7-3-6-15-11/h4-5,8-9,13H,3,6-7H2,1-2H3. The fourth-order valence-corrected chi connectivity index (χ4v) is 1.87. The first-order valence-corrected chi connectivity index (χ1v) is 6.15. The Hall–Kier alpha value is -0.890. The number of ether oxygens (including phenoxy) is 2. The Bertz CT molecular complexity index is 363. The lowest BCUT2D eigenvalue weighted by Crippen LogP contribution is -2.00. The molecule has 0 N–H and O–H groups in total. The molecule has 1 atom stereocenters. The maximum absolute atomic E-state index is 6.33. The second-order valence-corrected chi connectivity index (χ2v) is 4.87. The van der Waals surface area contributed by atoms with Crippen LogP contribution >= 0.6 is 11.6 Å². The molecule has 16 heavy (non-hydrogen) atoms. The van der Waals surface area contributed by atoms with Crippen LogP contribution in [-0.4, -0.2) is 13.2 Å². The van der Waals surface area contributed by atoms with E-state index in [0.29, 0.717) is 12.5 Å². The van der Waals surface area contributed by atoms with Crippen LogP contribution in [0.4, 0.5) is 0 Å². The van der Waals surface area contributed by atoms with Gasteiger partial charge < -0.3 is 9.47 Å². The van der Waals surface area contributed by atoms with Gasteiger partial charge in [0.05, 0.1) is 18.6 Å². The maximum atomic E-state index is 6.33. The molecule has 0 radical (unpaired) electrons. The molecule has 0 spiro atoms. The van der Waals surface area contributed by atoms with Crippen LogP contribution in [0.5, 0.6) is 11.5 Å². The number of hydrogen-bond donors (Lipinski definition) is 0. The SMILES string of the molecule is CC(C)C(Cl)c1ccc2c(c1)OCCCO2. The van der Waals surface area contributed by atoms with Gasteiger partial charge in [0.15, 0.2) is 11.5 Å². The summed E-state index contributed by atoms with van der Waals surface area (Å²) in [7, 11) is 0. The second kappa shape index (κ2) is 4.96. The highest BCUT2D eigenvalue weighted by atomic mass is 35.5. The molecule has 3 heteroatoms. The number of halogens is 1. The third kappa shape index (κ3) is 2.43. The molecule has 0 saturated carbocycles. The summed E-state index contributed by atoms with van der Waals surface area (Å²) < 4.78 is 11.2. The van der Waals surface area contributed by atoms with Crippen molar-refractivity contribution in [1.29, 1.82) is 0 Å². The molecular weight excluding hydrogens is 224 g/mol. The predicted octanol–water partition coefficient (Wildman–Crippen LogP) is 3.78. The van der Waals surface area contributed by atoms with Crippen LogP contribution in [-0.2, 0) is 0 Å². The first kappa shape index (κ1) is 11.6. The average molecular weight is 241 g/mol. The molecule has 2 rings (SSSR count). The zero-order valence-corrected chi connectivity index (χ0v) is 10.5. The van der Waals surface area contributed by atoms with E-state index in [9.17, 15) is 0 Å². The van der Waals surface area contributed by atoms with E-state index < -0.39 is 0 Å². The van der Waals surface area contributed by atoms with Crippen molar-refractivity contribution in [2.75, 3.05) is 13.2 Å². The first-order valence-electron chi connectivity index (χ1n) is 5.72. The van der Waals surface area contributed by atoms with E-state index in [1.165, 1.54) is 0 Å². The summed E-state index contributed by atoms with van der Waals surface area (Å²) >= 11 is 6.33. The third-order valence-electron chi connectivity index (χ3n) is 2.68. The molecule has 2 nitrogen and oxygen atoms in total. The van der Waals surface area contributed by atoms with E-state index in [1.54, 1.807) is 0 Å². The number of hydrogen-bond acceptors (Lipinski definition) is 2. The molecule has 1 heterocycles. The summed E-state index contributed by atoms with van der Waals surface area (Å²) in [5.74, 6) is 2.06. The van der Waals surface area contributed by atoms with Crippen molar-refractivity contribution < 1.29 is 9.47 Å². The third-order valence-corrected chi connectivity index (χ3v) is 3.43. The van der Waals surface area contributed by atoms with Gasteiger partial charge in [0, 0.05) is 6.42 Å². The first-order chi connectivity index (χ1) is 7.68. The lowest BCUT2D eigenvalue weighted by Gasteiger charge is -2.15. The highest BCUT2D eigenvalue weighted by Crippen LogP contribution is 2.36.